The first-order valence-electron chi connectivity index (χ1n) is 4.28. The summed E-state index contributed by atoms with van der Waals surface area (Å²) in [6.07, 6.45) is 3.28. The van der Waals surface area contributed by atoms with E-state index in [2.05, 4.69) is 4.98 Å². The van der Waals surface area contributed by atoms with Gasteiger partial charge in [-0.2, -0.15) is 0 Å². The van der Waals surface area contributed by atoms with Crippen molar-refractivity contribution in [3.63, 3.8) is 0 Å². The number of nitrogens with zero attached hydrogens (tertiary/aromatic N) is 1. The van der Waals surface area contributed by atoms with Gasteiger partial charge in [-0.3, -0.25) is 4.98 Å². The first-order valence-corrected chi connectivity index (χ1v) is 4.28. The van der Waals surface area contributed by atoms with Crippen LogP contribution in [0.4, 0.5) is 0 Å². The third-order valence-electron chi connectivity index (χ3n) is 1.79. The molecule has 12 heavy (non-hydrogen) atoms. The van der Waals surface area contributed by atoms with Crippen molar-refractivity contribution in [1.82, 2.24) is 4.98 Å². The minimum atomic E-state index is -0.229. The number of aromatic nitrogens is 1. The molecule has 0 fully saturated rings. The van der Waals surface area contributed by atoms with Crippen LogP contribution in [0.1, 0.15) is 24.6 Å². The summed E-state index contributed by atoms with van der Waals surface area (Å²) in [5.74, 6) is 0. The molecule has 2 heteroatoms. The average Bonchev–Trinajstić information content (AvgIpc) is 2.03. The molecule has 1 aromatic heterocycles. The first kappa shape index (κ1) is 9.20. The summed E-state index contributed by atoms with van der Waals surface area (Å²) >= 11 is 0. The largest absolute Gasteiger partial charge is 0.393 e. The topological polar surface area (TPSA) is 33.1 Å². The van der Waals surface area contributed by atoms with Crippen LogP contribution in [0.25, 0.3) is 0 Å². The highest BCUT2D eigenvalue weighted by Gasteiger charge is 1.98. The van der Waals surface area contributed by atoms with Crippen LogP contribution in [0, 0.1) is 6.92 Å². The van der Waals surface area contributed by atoms with E-state index < -0.39 is 0 Å². The van der Waals surface area contributed by atoms with Gasteiger partial charge >= 0.3 is 0 Å². The lowest BCUT2D eigenvalue weighted by Gasteiger charge is -2.02. The van der Waals surface area contributed by atoms with E-state index in [9.17, 15) is 0 Å². The second kappa shape index (κ2) is 4.21. The minimum Gasteiger partial charge on any atom is -0.393 e. The molecule has 0 amide bonds. The van der Waals surface area contributed by atoms with Crippen LogP contribution < -0.4 is 0 Å². The van der Waals surface area contributed by atoms with E-state index in [-0.39, 0.29) is 6.10 Å². The first-order chi connectivity index (χ1) is 5.68. The Labute approximate surface area is 73.3 Å². The van der Waals surface area contributed by atoms with E-state index in [0.29, 0.717) is 0 Å². The van der Waals surface area contributed by atoms with Crippen molar-refractivity contribution in [2.75, 3.05) is 0 Å². The van der Waals surface area contributed by atoms with Gasteiger partial charge in [0.2, 0.25) is 0 Å². The van der Waals surface area contributed by atoms with E-state index in [0.717, 1.165) is 18.5 Å². The molecular weight excluding hydrogens is 150 g/mol. The second-order valence-corrected chi connectivity index (χ2v) is 3.21. The normalized spacial score (nSPS) is 12.9. The zero-order chi connectivity index (χ0) is 8.97. The minimum absolute atomic E-state index is 0.229. The third kappa shape index (κ3) is 3.01. The summed E-state index contributed by atoms with van der Waals surface area (Å²) in [6.45, 7) is 3.82. The number of aliphatic hydroxyl groups is 1. The third-order valence-corrected chi connectivity index (χ3v) is 1.79. The Morgan fingerprint density at radius 3 is 2.75 bits per heavy atom. The fraction of sp³-hybridized carbons (Fsp3) is 0.500. The number of hydrogen-bond donors (Lipinski definition) is 1. The van der Waals surface area contributed by atoms with Crippen LogP contribution in [-0.4, -0.2) is 16.2 Å². The average molecular weight is 165 g/mol. The summed E-state index contributed by atoms with van der Waals surface area (Å²) in [6, 6.07) is 4.06. The van der Waals surface area contributed by atoms with Crippen molar-refractivity contribution in [2.45, 2.75) is 32.8 Å². The van der Waals surface area contributed by atoms with E-state index in [1.807, 2.05) is 25.3 Å². The van der Waals surface area contributed by atoms with Gasteiger partial charge in [0.25, 0.3) is 0 Å². The molecule has 0 aromatic carbocycles. The molecule has 1 N–H and O–H groups in total. The van der Waals surface area contributed by atoms with E-state index in [1.54, 1.807) is 6.92 Å². The maximum Gasteiger partial charge on any atom is 0.0515 e. The van der Waals surface area contributed by atoms with Crippen LogP contribution in [0.5, 0.6) is 0 Å². The zero-order valence-electron chi connectivity index (χ0n) is 7.62. The Hall–Kier alpha value is -0.890. The van der Waals surface area contributed by atoms with Crippen LogP contribution in [0.3, 0.4) is 0 Å². The quantitative estimate of drug-likeness (QED) is 0.739. The predicted octanol–water partition coefficient (Wildman–Crippen LogP) is 1.70. The van der Waals surface area contributed by atoms with Crippen LogP contribution in [-0.2, 0) is 6.42 Å². The van der Waals surface area contributed by atoms with Gasteiger partial charge in [0.15, 0.2) is 0 Å². The Bertz CT molecular complexity index is 228. The highest BCUT2D eigenvalue weighted by Crippen LogP contribution is 2.03. The van der Waals surface area contributed by atoms with Gasteiger partial charge in [0.05, 0.1) is 6.10 Å². The molecule has 0 aliphatic rings. The summed E-state index contributed by atoms with van der Waals surface area (Å²) in [4.78, 5) is 4.24. The monoisotopic (exact) mass is 165 g/mol. The zero-order valence-corrected chi connectivity index (χ0v) is 7.62. The van der Waals surface area contributed by atoms with E-state index >= 15 is 0 Å². The van der Waals surface area contributed by atoms with Crippen molar-refractivity contribution in [3.8, 4) is 0 Å². The summed E-state index contributed by atoms with van der Waals surface area (Å²) in [5, 5.41) is 9.04. The van der Waals surface area contributed by atoms with Gasteiger partial charge in [-0.15, -0.1) is 0 Å². The molecule has 1 aromatic rings. The maximum absolute atomic E-state index is 9.04. The Morgan fingerprint density at radius 1 is 1.50 bits per heavy atom. The second-order valence-electron chi connectivity index (χ2n) is 3.21. The van der Waals surface area contributed by atoms with Gasteiger partial charge in [-0.05, 0) is 38.3 Å². The molecule has 1 atom stereocenters. The summed E-state index contributed by atoms with van der Waals surface area (Å²) in [7, 11) is 0. The van der Waals surface area contributed by atoms with Gasteiger partial charge < -0.3 is 5.11 Å². The lowest BCUT2D eigenvalue weighted by atomic mass is 10.1. The smallest absolute Gasteiger partial charge is 0.0515 e. The molecule has 0 saturated carbocycles. The van der Waals surface area contributed by atoms with Gasteiger partial charge in [-0.25, -0.2) is 0 Å². The summed E-state index contributed by atoms with van der Waals surface area (Å²) in [5.41, 5.74) is 2.23. The fourth-order valence-electron chi connectivity index (χ4n) is 1.00. The van der Waals surface area contributed by atoms with Crippen LogP contribution >= 0.6 is 0 Å². The number of rotatable bonds is 3. The lowest BCUT2D eigenvalue weighted by Crippen LogP contribution is -2.02. The molecule has 0 saturated heterocycles. The Balaban J connectivity index is 2.48. The maximum atomic E-state index is 9.04. The highest BCUT2D eigenvalue weighted by molar-refractivity contribution is 5.12. The van der Waals surface area contributed by atoms with Gasteiger partial charge in [0, 0.05) is 11.9 Å². The molecule has 1 heterocycles. The van der Waals surface area contributed by atoms with E-state index in [1.165, 1.54) is 5.56 Å². The van der Waals surface area contributed by atoms with Gasteiger partial charge in [0.1, 0.15) is 0 Å². The Morgan fingerprint density at radius 2 is 2.25 bits per heavy atom. The molecule has 0 aliphatic heterocycles. The molecule has 0 unspecified atom stereocenters. The number of aliphatic hydroxyl groups excluding tert-OH is 1. The lowest BCUT2D eigenvalue weighted by molar-refractivity contribution is 0.184. The van der Waals surface area contributed by atoms with Crippen molar-refractivity contribution in [3.05, 3.63) is 29.6 Å². The van der Waals surface area contributed by atoms with Crippen molar-refractivity contribution < 1.29 is 5.11 Å². The molecule has 1 rings (SSSR count). The SMILES string of the molecule is Cc1ccc(CC[C@H](C)O)nc1. The molecular formula is C10H15NO. The number of pyridine rings is 1. The molecule has 66 valence electrons. The van der Waals surface area contributed by atoms with Crippen molar-refractivity contribution in [2.24, 2.45) is 0 Å². The fourth-order valence-corrected chi connectivity index (χ4v) is 1.00. The molecule has 0 aliphatic carbocycles. The van der Waals surface area contributed by atoms with Crippen LogP contribution in [0.15, 0.2) is 18.3 Å². The van der Waals surface area contributed by atoms with Crippen molar-refractivity contribution >= 4 is 0 Å². The Kier molecular flexibility index (Phi) is 3.23. The highest BCUT2D eigenvalue weighted by atomic mass is 16.3. The number of aryl methyl sites for hydroxylation is 2. The number of hydrogen-bond acceptors (Lipinski definition) is 2. The van der Waals surface area contributed by atoms with Gasteiger partial charge in [-0.1, -0.05) is 6.07 Å². The predicted molar refractivity (Wildman–Crippen MR) is 49.0 cm³/mol. The summed E-state index contributed by atoms with van der Waals surface area (Å²) < 4.78 is 0. The molecule has 0 spiro atoms. The molecule has 0 radical (unpaired) electrons. The standard InChI is InChI=1S/C10H15NO/c1-8-3-5-10(11-7-8)6-4-9(2)12/h3,5,7,9,12H,4,6H2,1-2H3/t9-/m0/s1. The van der Waals surface area contributed by atoms with Crippen molar-refractivity contribution in [1.29, 1.82) is 0 Å². The molecule has 0 bridgehead atoms. The molecule has 2 nitrogen and oxygen atoms in total. The van der Waals surface area contributed by atoms with E-state index in [4.69, 9.17) is 5.11 Å². The van der Waals surface area contributed by atoms with Crippen LogP contribution in [0.2, 0.25) is 0 Å².